The van der Waals surface area contributed by atoms with Crippen LogP contribution in [-0.2, 0) is 9.53 Å². The highest BCUT2D eigenvalue weighted by Gasteiger charge is 1.95. The van der Waals surface area contributed by atoms with Crippen LogP contribution in [0.5, 0.6) is 0 Å². The van der Waals surface area contributed by atoms with E-state index >= 15 is 0 Å². The molecule has 0 heterocycles. The molecule has 0 atom stereocenters. The topological polar surface area (TPSA) is 50.1 Å². The lowest BCUT2D eigenvalue weighted by molar-refractivity contribution is -0.143. The second kappa shape index (κ2) is 6.55. The van der Waals surface area contributed by atoms with Crippen molar-refractivity contribution in [2.45, 2.75) is 26.2 Å². The van der Waals surface area contributed by atoms with Crippen LogP contribution < -0.4 is 5.73 Å². The average Bonchev–Trinajstić information content (AvgIpc) is 1.98. The maximum absolute atomic E-state index is 10.5. The molecule has 59 valence electrons. The summed E-state index contributed by atoms with van der Waals surface area (Å²) in [6, 6.07) is 0. The van der Waals surface area contributed by atoms with Gasteiger partial charge in [0.1, 0.15) is 0 Å². The van der Waals surface area contributed by atoms with Crippen molar-refractivity contribution in [3.63, 3.8) is 0 Å². The molecule has 0 fully saturated rings. The summed E-state index contributed by atoms with van der Waals surface area (Å²) < 4.78 is 4.77. The molecule has 0 aliphatic carbocycles. The van der Waals surface area contributed by atoms with E-state index in [1.54, 1.807) is 6.92 Å². The molecule has 0 aromatic rings. The van der Waals surface area contributed by atoms with E-state index in [-0.39, 0.29) is 5.97 Å². The number of esters is 1. The maximum atomic E-state index is 10.5. The van der Waals surface area contributed by atoms with Gasteiger partial charge < -0.3 is 4.74 Å². The summed E-state index contributed by atoms with van der Waals surface area (Å²) in [5, 5.41) is 0. The second-order valence-corrected chi connectivity index (χ2v) is 2.03. The van der Waals surface area contributed by atoms with Crippen LogP contribution in [0.3, 0.4) is 0 Å². The molecule has 3 heteroatoms. The molecule has 0 aromatic carbocycles. The van der Waals surface area contributed by atoms with Gasteiger partial charge in [0.15, 0.2) is 0 Å². The number of unbranched alkanes of at least 4 members (excludes halogenated alkanes) is 1. The first-order chi connectivity index (χ1) is 4.81. The molecule has 0 aliphatic heterocycles. The number of carbonyl (C=O) groups excluding carboxylic acids is 1. The molecule has 1 N–H and O–H groups in total. The first-order valence-electron chi connectivity index (χ1n) is 3.61. The van der Waals surface area contributed by atoms with Crippen LogP contribution >= 0.6 is 0 Å². The highest BCUT2D eigenvalue weighted by Crippen LogP contribution is 1.90. The number of ether oxygens (including phenoxy) is 1. The van der Waals surface area contributed by atoms with Crippen molar-refractivity contribution in [2.24, 2.45) is 0 Å². The van der Waals surface area contributed by atoms with Crippen molar-refractivity contribution in [2.75, 3.05) is 13.2 Å². The van der Waals surface area contributed by atoms with Crippen LogP contribution in [0.2, 0.25) is 0 Å². The first kappa shape index (κ1) is 9.43. The largest absolute Gasteiger partial charge is 0.466 e. The van der Waals surface area contributed by atoms with Gasteiger partial charge in [-0.05, 0) is 12.8 Å². The Kier molecular flexibility index (Phi) is 6.18. The molecular formula is C7H14NO2. The number of hydrogen-bond donors (Lipinski definition) is 0. The van der Waals surface area contributed by atoms with Gasteiger partial charge in [-0.2, -0.15) is 0 Å². The summed E-state index contributed by atoms with van der Waals surface area (Å²) in [6.45, 7) is 2.67. The fraction of sp³-hybridized carbons (Fsp3) is 0.857. The quantitative estimate of drug-likeness (QED) is 0.427. The van der Waals surface area contributed by atoms with Crippen LogP contribution in [0.25, 0.3) is 0 Å². The fourth-order valence-electron chi connectivity index (χ4n) is 0.515. The van der Waals surface area contributed by atoms with Gasteiger partial charge in [-0.25, -0.2) is 0 Å². The van der Waals surface area contributed by atoms with Crippen molar-refractivity contribution in [3.8, 4) is 0 Å². The average molecular weight is 144 g/mol. The minimum atomic E-state index is -0.148. The van der Waals surface area contributed by atoms with Gasteiger partial charge in [-0.3, -0.25) is 10.5 Å². The number of rotatable bonds is 5. The van der Waals surface area contributed by atoms with Crippen molar-refractivity contribution >= 4 is 5.97 Å². The minimum Gasteiger partial charge on any atom is -0.466 e. The van der Waals surface area contributed by atoms with Crippen LogP contribution in [0.4, 0.5) is 0 Å². The van der Waals surface area contributed by atoms with Gasteiger partial charge in [0, 0.05) is 13.0 Å². The fourth-order valence-corrected chi connectivity index (χ4v) is 0.515. The Morgan fingerprint density at radius 3 is 2.70 bits per heavy atom. The summed E-state index contributed by atoms with van der Waals surface area (Å²) in [6.07, 6.45) is 2.08. The molecule has 3 nitrogen and oxygen atoms in total. The van der Waals surface area contributed by atoms with Crippen molar-refractivity contribution in [1.82, 2.24) is 5.73 Å². The predicted octanol–water partition coefficient (Wildman–Crippen LogP) is 1.00. The number of carbonyl (C=O) groups is 1. The summed E-state index contributed by atoms with van der Waals surface area (Å²) >= 11 is 0. The molecule has 0 unspecified atom stereocenters. The zero-order valence-corrected chi connectivity index (χ0v) is 6.35. The van der Waals surface area contributed by atoms with E-state index in [0.717, 1.165) is 12.8 Å². The maximum Gasteiger partial charge on any atom is 0.305 e. The lowest BCUT2D eigenvalue weighted by atomic mass is 10.3. The Morgan fingerprint density at radius 1 is 1.50 bits per heavy atom. The third-order valence-electron chi connectivity index (χ3n) is 1.12. The van der Waals surface area contributed by atoms with Crippen LogP contribution in [-0.4, -0.2) is 19.1 Å². The summed E-state index contributed by atoms with van der Waals surface area (Å²) in [5.74, 6) is -0.148. The van der Waals surface area contributed by atoms with Crippen molar-refractivity contribution < 1.29 is 9.53 Å². The lowest BCUT2D eigenvalue weighted by Gasteiger charge is -2.00. The molecule has 0 saturated heterocycles. The van der Waals surface area contributed by atoms with Crippen molar-refractivity contribution in [3.05, 3.63) is 0 Å². The van der Waals surface area contributed by atoms with Gasteiger partial charge in [-0.15, -0.1) is 0 Å². The van der Waals surface area contributed by atoms with E-state index in [9.17, 15) is 4.79 Å². The normalized spacial score (nSPS) is 9.40. The zero-order valence-electron chi connectivity index (χ0n) is 6.35. The van der Waals surface area contributed by atoms with Gasteiger partial charge in [-0.1, -0.05) is 6.92 Å². The molecule has 0 spiro atoms. The SMILES string of the molecule is CCC(=O)OCCCC[NH]. The van der Waals surface area contributed by atoms with E-state index in [2.05, 4.69) is 0 Å². The Balaban J connectivity index is 2.96. The standard InChI is InChI=1S/C7H14NO2/c1-2-7(9)10-6-4-3-5-8/h8H,2-6H2,1H3. The smallest absolute Gasteiger partial charge is 0.305 e. The molecule has 0 saturated carbocycles. The third-order valence-corrected chi connectivity index (χ3v) is 1.12. The third kappa shape index (κ3) is 5.56. The molecule has 1 radical (unpaired) electrons. The predicted molar refractivity (Wildman–Crippen MR) is 38.4 cm³/mol. The van der Waals surface area contributed by atoms with Crippen LogP contribution in [0.15, 0.2) is 0 Å². The Labute approximate surface area is 61.5 Å². The van der Waals surface area contributed by atoms with Gasteiger partial charge >= 0.3 is 5.97 Å². The molecule has 0 bridgehead atoms. The Morgan fingerprint density at radius 2 is 2.20 bits per heavy atom. The van der Waals surface area contributed by atoms with E-state index in [1.165, 1.54) is 0 Å². The van der Waals surface area contributed by atoms with Gasteiger partial charge in [0.05, 0.1) is 6.61 Å². The lowest BCUT2D eigenvalue weighted by Crippen LogP contribution is -2.04. The van der Waals surface area contributed by atoms with E-state index in [1.807, 2.05) is 0 Å². The van der Waals surface area contributed by atoms with Crippen molar-refractivity contribution in [1.29, 1.82) is 0 Å². The van der Waals surface area contributed by atoms with Crippen LogP contribution in [0, 0.1) is 0 Å². The van der Waals surface area contributed by atoms with Gasteiger partial charge in [0.25, 0.3) is 0 Å². The minimum absolute atomic E-state index is 0.148. The molecule has 0 aromatic heterocycles. The molecule has 0 aliphatic rings. The highest BCUT2D eigenvalue weighted by atomic mass is 16.5. The second-order valence-electron chi connectivity index (χ2n) is 2.03. The summed E-state index contributed by atoms with van der Waals surface area (Å²) in [7, 11) is 0. The molecule has 10 heavy (non-hydrogen) atoms. The highest BCUT2D eigenvalue weighted by molar-refractivity contribution is 5.68. The number of nitrogens with one attached hydrogen (secondary N) is 1. The van der Waals surface area contributed by atoms with E-state index < -0.39 is 0 Å². The first-order valence-corrected chi connectivity index (χ1v) is 3.61. The Bertz CT molecular complexity index is 93.6. The molecule has 0 rings (SSSR count). The Hall–Kier alpha value is -0.570. The molecular weight excluding hydrogens is 130 g/mol. The van der Waals surface area contributed by atoms with E-state index in [0.29, 0.717) is 19.6 Å². The summed E-state index contributed by atoms with van der Waals surface area (Å²) in [5.41, 5.74) is 6.79. The van der Waals surface area contributed by atoms with Crippen LogP contribution in [0.1, 0.15) is 26.2 Å². The zero-order chi connectivity index (χ0) is 7.82. The number of hydrogen-bond acceptors (Lipinski definition) is 2. The monoisotopic (exact) mass is 144 g/mol. The molecule has 0 amide bonds. The van der Waals surface area contributed by atoms with E-state index in [4.69, 9.17) is 10.5 Å². The van der Waals surface area contributed by atoms with Gasteiger partial charge in [0.2, 0.25) is 0 Å². The summed E-state index contributed by atoms with van der Waals surface area (Å²) in [4.78, 5) is 10.5.